The van der Waals surface area contributed by atoms with Crippen molar-refractivity contribution in [3.05, 3.63) is 59.7 Å². The van der Waals surface area contributed by atoms with Crippen molar-refractivity contribution in [2.75, 3.05) is 37.6 Å². The lowest BCUT2D eigenvalue weighted by Crippen LogP contribution is -2.48. The lowest BCUT2D eigenvalue weighted by atomic mass is 9.99. The molecule has 0 spiro atoms. The minimum Gasteiger partial charge on any atom is -0.487 e. The number of amides is 1. The molecule has 35 heavy (non-hydrogen) atoms. The molecule has 3 atom stereocenters. The molecule has 1 amide bonds. The van der Waals surface area contributed by atoms with Gasteiger partial charge < -0.3 is 25.0 Å². The molecule has 1 aliphatic carbocycles. The Labute approximate surface area is 204 Å². The van der Waals surface area contributed by atoms with Crippen LogP contribution in [0, 0.1) is 17.6 Å². The van der Waals surface area contributed by atoms with Gasteiger partial charge in [-0.05, 0) is 87.2 Å². The van der Waals surface area contributed by atoms with E-state index in [-0.39, 0.29) is 29.5 Å². The van der Waals surface area contributed by atoms with Gasteiger partial charge in [-0.25, -0.2) is 8.78 Å². The Morgan fingerprint density at radius 3 is 2.49 bits per heavy atom. The third-order valence-corrected chi connectivity index (χ3v) is 7.23. The topological polar surface area (TPSA) is 65.0 Å². The highest BCUT2D eigenvalue weighted by Gasteiger charge is 2.33. The Morgan fingerprint density at radius 2 is 1.80 bits per heavy atom. The molecule has 2 saturated heterocycles. The van der Waals surface area contributed by atoms with Gasteiger partial charge in [-0.1, -0.05) is 6.07 Å². The van der Waals surface area contributed by atoms with Gasteiger partial charge in [0.25, 0.3) is 0 Å². The van der Waals surface area contributed by atoms with E-state index in [9.17, 15) is 18.7 Å². The minimum atomic E-state index is -1.04. The maximum Gasteiger partial charge on any atom is 0.225 e. The molecule has 6 nitrogen and oxygen atoms in total. The predicted molar refractivity (Wildman–Crippen MR) is 129 cm³/mol. The Kier molecular flexibility index (Phi) is 7.20. The molecule has 5 rings (SSSR count). The summed E-state index contributed by atoms with van der Waals surface area (Å²) in [7, 11) is 0. The molecule has 8 heteroatoms. The molecule has 0 bridgehead atoms. The standard InChI is InChI=1S/C27H33F2N3O3/c28-20-4-6-21(7-5-20)32-14-11-19(16-32)27(34)30-24(17-31-12-1-2-13-31)26(33)18-3-10-25(23(29)15-18)35-22-8-9-22/h3-7,10,15,19,22,24,26,33H,1-2,8-9,11-14,16-17H2,(H,30,34)/t19-,24-,26-/m1/s1. The monoisotopic (exact) mass is 485 g/mol. The summed E-state index contributed by atoms with van der Waals surface area (Å²) in [6.45, 7) is 3.58. The Bertz CT molecular complexity index is 1020. The van der Waals surface area contributed by atoms with Gasteiger partial charge in [-0.3, -0.25) is 4.79 Å². The highest BCUT2D eigenvalue weighted by molar-refractivity contribution is 5.80. The second-order valence-electron chi connectivity index (χ2n) is 9.98. The maximum absolute atomic E-state index is 14.6. The molecule has 0 unspecified atom stereocenters. The van der Waals surface area contributed by atoms with Gasteiger partial charge in [-0.15, -0.1) is 0 Å². The molecule has 2 aliphatic heterocycles. The predicted octanol–water partition coefficient (Wildman–Crippen LogP) is 3.65. The number of rotatable bonds is 9. The van der Waals surface area contributed by atoms with E-state index in [1.807, 2.05) is 0 Å². The molecule has 2 aromatic carbocycles. The number of hydrogen-bond donors (Lipinski definition) is 2. The van der Waals surface area contributed by atoms with Crippen molar-refractivity contribution >= 4 is 11.6 Å². The quantitative estimate of drug-likeness (QED) is 0.568. The van der Waals surface area contributed by atoms with E-state index < -0.39 is 18.0 Å². The van der Waals surface area contributed by atoms with Crippen molar-refractivity contribution in [2.45, 2.75) is 50.4 Å². The van der Waals surface area contributed by atoms with Crippen LogP contribution >= 0.6 is 0 Å². The molecule has 3 aliphatic rings. The smallest absolute Gasteiger partial charge is 0.225 e. The van der Waals surface area contributed by atoms with Crippen LogP contribution in [0.5, 0.6) is 5.75 Å². The van der Waals surface area contributed by atoms with Gasteiger partial charge in [0.15, 0.2) is 11.6 Å². The fourth-order valence-corrected chi connectivity index (χ4v) is 5.02. The fourth-order valence-electron chi connectivity index (χ4n) is 5.02. The third-order valence-electron chi connectivity index (χ3n) is 7.23. The highest BCUT2D eigenvalue weighted by atomic mass is 19.1. The summed E-state index contributed by atoms with van der Waals surface area (Å²) in [6.07, 6.45) is 3.78. The lowest BCUT2D eigenvalue weighted by molar-refractivity contribution is -0.126. The Hall–Kier alpha value is -2.71. The van der Waals surface area contributed by atoms with E-state index in [1.54, 1.807) is 24.3 Å². The number of hydrogen-bond acceptors (Lipinski definition) is 5. The molecule has 2 heterocycles. The van der Waals surface area contributed by atoms with Gasteiger partial charge in [0.05, 0.1) is 18.1 Å². The summed E-state index contributed by atoms with van der Waals surface area (Å²) < 4.78 is 33.5. The van der Waals surface area contributed by atoms with Crippen LogP contribution < -0.4 is 15.0 Å². The van der Waals surface area contributed by atoms with Crippen LogP contribution in [0.4, 0.5) is 14.5 Å². The van der Waals surface area contributed by atoms with E-state index in [2.05, 4.69) is 15.1 Å². The van der Waals surface area contributed by atoms with Gasteiger partial charge in [-0.2, -0.15) is 0 Å². The molecule has 188 valence electrons. The first kappa shape index (κ1) is 24.0. The van der Waals surface area contributed by atoms with Gasteiger partial charge in [0.1, 0.15) is 11.9 Å². The second kappa shape index (κ2) is 10.5. The zero-order valence-corrected chi connectivity index (χ0v) is 19.8. The number of likely N-dealkylation sites (tertiary alicyclic amines) is 1. The van der Waals surface area contributed by atoms with E-state index in [4.69, 9.17) is 4.74 Å². The van der Waals surface area contributed by atoms with E-state index in [0.717, 1.165) is 44.5 Å². The number of anilines is 1. The molecular formula is C27H33F2N3O3. The first-order valence-corrected chi connectivity index (χ1v) is 12.6. The SMILES string of the molecule is O=C(N[C@H](CN1CCCC1)[C@H](O)c1ccc(OC2CC2)c(F)c1)[C@@H]1CCN(c2ccc(F)cc2)C1. The molecule has 0 radical (unpaired) electrons. The van der Waals surface area contributed by atoms with Gasteiger partial charge in [0.2, 0.25) is 5.91 Å². The third kappa shape index (κ3) is 5.93. The van der Waals surface area contributed by atoms with Crippen molar-refractivity contribution in [3.63, 3.8) is 0 Å². The Balaban J connectivity index is 1.26. The first-order valence-electron chi connectivity index (χ1n) is 12.6. The average molecular weight is 486 g/mol. The first-order chi connectivity index (χ1) is 17.0. The van der Waals surface area contributed by atoms with Gasteiger partial charge >= 0.3 is 0 Å². The summed E-state index contributed by atoms with van der Waals surface area (Å²) in [4.78, 5) is 17.5. The lowest BCUT2D eigenvalue weighted by Gasteiger charge is -2.30. The molecule has 0 aromatic heterocycles. The molecule has 3 fully saturated rings. The van der Waals surface area contributed by atoms with E-state index in [1.165, 1.54) is 18.2 Å². The summed E-state index contributed by atoms with van der Waals surface area (Å²) in [5.41, 5.74) is 1.31. The summed E-state index contributed by atoms with van der Waals surface area (Å²) >= 11 is 0. The van der Waals surface area contributed by atoms with Gasteiger partial charge in [0, 0.05) is 25.3 Å². The average Bonchev–Trinajstić information content (AvgIpc) is 3.30. The molecule has 2 aromatic rings. The molecular weight excluding hydrogens is 452 g/mol. The number of ether oxygens (including phenoxy) is 1. The number of benzene rings is 2. The van der Waals surface area contributed by atoms with Crippen molar-refractivity contribution in [3.8, 4) is 5.75 Å². The number of carbonyl (C=O) groups is 1. The fraction of sp³-hybridized carbons (Fsp3) is 0.519. The van der Waals surface area contributed by atoms with Crippen molar-refractivity contribution < 1.29 is 23.4 Å². The number of aliphatic hydroxyl groups excluding tert-OH is 1. The number of carbonyl (C=O) groups excluding carboxylic acids is 1. The van der Waals surface area contributed by atoms with Crippen LogP contribution in [0.1, 0.15) is 43.8 Å². The van der Waals surface area contributed by atoms with Crippen LogP contribution in [-0.4, -0.2) is 60.8 Å². The maximum atomic E-state index is 14.6. The minimum absolute atomic E-state index is 0.0864. The van der Waals surface area contributed by atoms with Crippen LogP contribution in [0.25, 0.3) is 0 Å². The van der Waals surface area contributed by atoms with Crippen molar-refractivity contribution in [1.82, 2.24) is 10.2 Å². The highest BCUT2D eigenvalue weighted by Crippen LogP contribution is 2.31. The second-order valence-corrected chi connectivity index (χ2v) is 9.98. The zero-order chi connectivity index (χ0) is 24.4. The van der Waals surface area contributed by atoms with Crippen molar-refractivity contribution in [1.29, 1.82) is 0 Å². The van der Waals surface area contributed by atoms with Crippen LogP contribution in [0.2, 0.25) is 0 Å². The number of halogens is 2. The van der Waals surface area contributed by atoms with Crippen molar-refractivity contribution in [2.24, 2.45) is 5.92 Å². The number of nitrogens with zero attached hydrogens (tertiary/aromatic N) is 2. The number of aliphatic hydroxyl groups is 1. The zero-order valence-electron chi connectivity index (χ0n) is 19.8. The summed E-state index contributed by atoms with van der Waals surface area (Å²) in [5.74, 6) is -0.934. The van der Waals surface area contributed by atoms with E-state index >= 15 is 0 Å². The van der Waals surface area contributed by atoms with Crippen LogP contribution in [-0.2, 0) is 4.79 Å². The summed E-state index contributed by atoms with van der Waals surface area (Å²) in [5, 5.41) is 14.3. The van der Waals surface area contributed by atoms with Crippen LogP contribution in [0.15, 0.2) is 42.5 Å². The van der Waals surface area contributed by atoms with E-state index in [0.29, 0.717) is 31.6 Å². The number of nitrogens with one attached hydrogen (secondary N) is 1. The normalized spacial score (nSPS) is 22.3. The molecule has 1 saturated carbocycles. The largest absolute Gasteiger partial charge is 0.487 e. The Morgan fingerprint density at radius 1 is 1.06 bits per heavy atom. The van der Waals surface area contributed by atoms with Crippen LogP contribution in [0.3, 0.4) is 0 Å². The summed E-state index contributed by atoms with van der Waals surface area (Å²) in [6, 6.07) is 10.3. The molecule has 2 N–H and O–H groups in total.